The summed E-state index contributed by atoms with van der Waals surface area (Å²) in [6.07, 6.45) is 0.392. The zero-order valence-corrected chi connectivity index (χ0v) is 21.5. The van der Waals surface area contributed by atoms with E-state index in [-0.39, 0.29) is 34.2 Å². The Morgan fingerprint density at radius 1 is 1.09 bits per heavy atom. The van der Waals surface area contributed by atoms with Crippen LogP contribution in [0.3, 0.4) is 0 Å². The van der Waals surface area contributed by atoms with Crippen molar-refractivity contribution in [3.05, 3.63) is 39.2 Å². The van der Waals surface area contributed by atoms with E-state index in [0.717, 1.165) is 0 Å². The fraction of sp³-hybridized carbons (Fsp3) is 0.682. The van der Waals surface area contributed by atoms with Gasteiger partial charge in [0.15, 0.2) is 15.6 Å². The fourth-order valence-corrected chi connectivity index (χ4v) is 4.63. The van der Waals surface area contributed by atoms with Gasteiger partial charge in [-0.25, -0.2) is 8.42 Å². The van der Waals surface area contributed by atoms with E-state index in [2.05, 4.69) is 10.0 Å². The van der Waals surface area contributed by atoms with Crippen LogP contribution in [0.25, 0.3) is 10.4 Å². The lowest BCUT2D eigenvalue weighted by Crippen LogP contribution is -2.21. The second-order valence-corrected chi connectivity index (χ2v) is 9.97. The molecular weight excluding hydrogens is 502 g/mol. The number of azide groups is 1. The van der Waals surface area contributed by atoms with E-state index >= 15 is 0 Å². The van der Waals surface area contributed by atoms with Crippen molar-refractivity contribution >= 4 is 27.2 Å². The summed E-state index contributed by atoms with van der Waals surface area (Å²) < 4.78 is 46.2. The number of sulfone groups is 1. The van der Waals surface area contributed by atoms with E-state index in [1.807, 2.05) is 0 Å². The SMILES string of the molecule is COCCCC(O)CS(=O)(=O)c1ccc(Cl)c(C(=O)CCCOCCOCCOCCN=[N+]=[N-])c1. The second kappa shape index (κ2) is 18.5. The predicted molar refractivity (Wildman–Crippen MR) is 131 cm³/mol. The summed E-state index contributed by atoms with van der Waals surface area (Å²) in [4.78, 5) is 15.1. The number of hydrogen-bond donors (Lipinski definition) is 1. The largest absolute Gasteiger partial charge is 0.392 e. The van der Waals surface area contributed by atoms with Crippen LogP contribution in [0.5, 0.6) is 0 Å². The van der Waals surface area contributed by atoms with Crippen LogP contribution in [-0.2, 0) is 28.8 Å². The van der Waals surface area contributed by atoms with Crippen molar-refractivity contribution in [3.8, 4) is 0 Å². The molecule has 1 aromatic carbocycles. The summed E-state index contributed by atoms with van der Waals surface area (Å²) in [6, 6.07) is 3.99. The van der Waals surface area contributed by atoms with Gasteiger partial charge in [-0.3, -0.25) is 4.79 Å². The molecule has 0 radical (unpaired) electrons. The first kappa shape index (κ1) is 31.3. The maximum Gasteiger partial charge on any atom is 0.180 e. The molecule has 0 aliphatic carbocycles. The highest BCUT2D eigenvalue weighted by atomic mass is 35.5. The van der Waals surface area contributed by atoms with Crippen LogP contribution in [0, 0.1) is 0 Å². The predicted octanol–water partition coefficient (Wildman–Crippen LogP) is 3.22. The molecule has 0 amide bonds. The van der Waals surface area contributed by atoms with Crippen molar-refractivity contribution in [3.63, 3.8) is 0 Å². The molecule has 35 heavy (non-hydrogen) atoms. The number of hydrogen-bond acceptors (Lipinski definition) is 9. The first-order chi connectivity index (χ1) is 16.8. The van der Waals surface area contributed by atoms with E-state index in [1.54, 1.807) is 0 Å². The smallest absolute Gasteiger partial charge is 0.180 e. The van der Waals surface area contributed by atoms with Crippen LogP contribution in [0.4, 0.5) is 0 Å². The van der Waals surface area contributed by atoms with Crippen molar-refractivity contribution in [1.82, 2.24) is 0 Å². The number of halogens is 1. The third-order valence-corrected chi connectivity index (χ3v) is 6.86. The number of ether oxygens (including phenoxy) is 4. The molecule has 0 saturated carbocycles. The highest BCUT2D eigenvalue weighted by Crippen LogP contribution is 2.24. The molecule has 0 saturated heterocycles. The summed E-state index contributed by atoms with van der Waals surface area (Å²) in [5, 5.41) is 13.5. The highest BCUT2D eigenvalue weighted by Gasteiger charge is 2.22. The zero-order chi connectivity index (χ0) is 25.9. The Labute approximate surface area is 211 Å². The number of ketones is 1. The summed E-state index contributed by atoms with van der Waals surface area (Å²) in [5.74, 6) is -0.727. The molecule has 198 valence electrons. The van der Waals surface area contributed by atoms with Crippen LogP contribution >= 0.6 is 11.6 Å². The molecule has 1 N–H and O–H groups in total. The third-order valence-electron chi connectivity index (χ3n) is 4.73. The number of carbonyl (C=O) groups is 1. The van der Waals surface area contributed by atoms with Crippen LogP contribution in [-0.4, -0.2) is 91.1 Å². The van der Waals surface area contributed by atoms with Gasteiger partial charge in [0.25, 0.3) is 0 Å². The van der Waals surface area contributed by atoms with Crippen molar-refractivity contribution in [2.75, 3.05) is 65.7 Å². The maximum absolute atomic E-state index is 12.6. The van der Waals surface area contributed by atoms with Gasteiger partial charge in [0.05, 0.1) is 54.8 Å². The normalized spacial score (nSPS) is 12.3. The van der Waals surface area contributed by atoms with Gasteiger partial charge in [-0.2, -0.15) is 0 Å². The lowest BCUT2D eigenvalue weighted by atomic mass is 10.1. The second-order valence-electron chi connectivity index (χ2n) is 7.53. The Balaban J connectivity index is 2.36. The first-order valence-electron chi connectivity index (χ1n) is 11.3. The van der Waals surface area contributed by atoms with Gasteiger partial charge < -0.3 is 24.1 Å². The molecule has 13 heteroatoms. The van der Waals surface area contributed by atoms with Gasteiger partial charge in [-0.15, -0.1) is 0 Å². The summed E-state index contributed by atoms with van der Waals surface area (Å²) in [6.45, 7) is 2.89. The van der Waals surface area contributed by atoms with E-state index < -0.39 is 21.7 Å². The summed E-state index contributed by atoms with van der Waals surface area (Å²) >= 11 is 6.13. The number of nitrogens with zero attached hydrogens (tertiary/aromatic N) is 3. The average Bonchev–Trinajstić information content (AvgIpc) is 2.82. The number of aliphatic hydroxyl groups excluding tert-OH is 1. The van der Waals surface area contributed by atoms with Crippen molar-refractivity contribution in [2.45, 2.75) is 36.7 Å². The quantitative estimate of drug-likeness (QED) is 0.0826. The molecule has 11 nitrogen and oxygen atoms in total. The van der Waals surface area contributed by atoms with E-state index in [1.165, 1.54) is 25.3 Å². The van der Waals surface area contributed by atoms with Crippen LogP contribution < -0.4 is 0 Å². The molecule has 0 aliphatic rings. The minimum atomic E-state index is -3.79. The number of aliphatic hydroxyl groups is 1. The lowest BCUT2D eigenvalue weighted by Gasteiger charge is -2.12. The van der Waals surface area contributed by atoms with E-state index in [9.17, 15) is 18.3 Å². The highest BCUT2D eigenvalue weighted by molar-refractivity contribution is 7.91. The van der Waals surface area contributed by atoms with Gasteiger partial charge in [0.1, 0.15) is 0 Å². The molecule has 0 bridgehead atoms. The maximum atomic E-state index is 12.6. The number of Topliss-reactive ketones (excluding diaryl/α,β-unsaturated/α-hetero) is 1. The van der Waals surface area contributed by atoms with Gasteiger partial charge in [-0.05, 0) is 43.0 Å². The third kappa shape index (κ3) is 13.8. The molecule has 1 atom stereocenters. The molecule has 0 fully saturated rings. The minimum Gasteiger partial charge on any atom is -0.392 e. The minimum absolute atomic E-state index is 0.0498. The van der Waals surface area contributed by atoms with Crippen LogP contribution in [0.2, 0.25) is 5.02 Å². The molecule has 0 heterocycles. The topological polar surface area (TPSA) is 157 Å². The monoisotopic (exact) mass is 535 g/mol. The van der Waals surface area contributed by atoms with Gasteiger partial charge in [-0.1, -0.05) is 16.7 Å². The molecule has 0 aromatic heterocycles. The first-order valence-corrected chi connectivity index (χ1v) is 13.3. The van der Waals surface area contributed by atoms with Crippen molar-refractivity contribution < 1.29 is 37.3 Å². The van der Waals surface area contributed by atoms with Crippen LogP contribution in [0.1, 0.15) is 36.0 Å². The molecule has 0 aliphatic heterocycles. The lowest BCUT2D eigenvalue weighted by molar-refractivity contribution is 0.0154. The summed E-state index contributed by atoms with van der Waals surface area (Å²) in [7, 11) is -2.25. The Morgan fingerprint density at radius 2 is 1.74 bits per heavy atom. The van der Waals surface area contributed by atoms with Crippen LogP contribution in [0.15, 0.2) is 28.2 Å². The average molecular weight is 536 g/mol. The Bertz CT molecular complexity index is 910. The van der Waals surface area contributed by atoms with Crippen molar-refractivity contribution in [2.24, 2.45) is 5.11 Å². The van der Waals surface area contributed by atoms with Gasteiger partial charge in [0.2, 0.25) is 0 Å². The number of benzene rings is 1. The number of methoxy groups -OCH3 is 1. The zero-order valence-electron chi connectivity index (χ0n) is 19.9. The molecule has 1 rings (SSSR count). The molecule has 1 unspecified atom stereocenters. The van der Waals surface area contributed by atoms with Gasteiger partial charge in [0, 0.05) is 43.8 Å². The summed E-state index contributed by atoms with van der Waals surface area (Å²) in [5.41, 5.74) is 8.26. The molecule has 1 aromatic rings. The Morgan fingerprint density at radius 3 is 2.40 bits per heavy atom. The fourth-order valence-electron chi connectivity index (χ4n) is 2.97. The molecular formula is C22H34ClN3O8S. The Kier molecular flexibility index (Phi) is 16.5. The van der Waals surface area contributed by atoms with Crippen molar-refractivity contribution in [1.29, 1.82) is 0 Å². The van der Waals surface area contributed by atoms with E-state index in [0.29, 0.717) is 65.5 Å². The van der Waals surface area contributed by atoms with Gasteiger partial charge >= 0.3 is 0 Å². The number of carbonyl (C=O) groups excluding carboxylic acids is 1. The Hall–Kier alpha value is -1.76. The molecule has 0 spiro atoms. The van der Waals surface area contributed by atoms with E-state index in [4.69, 9.17) is 36.1 Å². The standard InChI is InChI=1S/C22H34ClN3O8S/c1-31-9-2-4-18(27)17-35(29,30)19-6-7-21(23)20(16-19)22(28)5-3-10-32-12-14-34-15-13-33-11-8-25-26-24/h6-7,16,18,27H,2-5,8-15,17H2,1H3. The number of rotatable bonds is 21.